The molecule has 0 bridgehead atoms. The molecule has 0 fully saturated rings. The minimum atomic E-state index is 0.533. The molecule has 0 aromatic carbocycles. The predicted octanol–water partition coefficient (Wildman–Crippen LogP) is 0.808. The van der Waals surface area contributed by atoms with Gasteiger partial charge in [-0.05, 0) is 18.6 Å². The van der Waals surface area contributed by atoms with Gasteiger partial charge in [-0.3, -0.25) is 0 Å². The monoisotopic (exact) mass is 137 g/mol. The zero-order valence-corrected chi connectivity index (χ0v) is 5.96. The molecule has 54 valence electrons. The summed E-state index contributed by atoms with van der Waals surface area (Å²) < 4.78 is 0. The standard InChI is InChI=1S/C7H11N3/c1-2-6-5(8)3-4-7(9)10-6/h3-4H,2,8H2,1H3,(H2,9,10). The van der Waals surface area contributed by atoms with Crippen molar-refractivity contribution in [2.45, 2.75) is 13.3 Å². The van der Waals surface area contributed by atoms with Crippen molar-refractivity contribution >= 4 is 11.5 Å². The van der Waals surface area contributed by atoms with Crippen molar-refractivity contribution in [3.05, 3.63) is 17.8 Å². The molecule has 3 nitrogen and oxygen atoms in total. The molecule has 0 radical (unpaired) electrons. The SMILES string of the molecule is CCc1nc(N)ccc1N. The predicted molar refractivity (Wildman–Crippen MR) is 42.4 cm³/mol. The topological polar surface area (TPSA) is 64.9 Å². The Balaban J connectivity index is 3.09. The Morgan fingerprint density at radius 2 is 2.10 bits per heavy atom. The highest BCUT2D eigenvalue weighted by Gasteiger charge is 1.96. The molecule has 10 heavy (non-hydrogen) atoms. The van der Waals surface area contributed by atoms with E-state index in [1.54, 1.807) is 12.1 Å². The zero-order valence-electron chi connectivity index (χ0n) is 5.96. The summed E-state index contributed by atoms with van der Waals surface area (Å²) in [7, 11) is 0. The molecule has 0 unspecified atom stereocenters. The Labute approximate surface area is 60.1 Å². The Morgan fingerprint density at radius 1 is 1.40 bits per heavy atom. The highest BCUT2D eigenvalue weighted by atomic mass is 14.9. The zero-order chi connectivity index (χ0) is 7.56. The van der Waals surface area contributed by atoms with Crippen LogP contribution in [0.15, 0.2) is 12.1 Å². The van der Waals surface area contributed by atoms with Gasteiger partial charge in [-0.1, -0.05) is 6.92 Å². The second kappa shape index (κ2) is 2.56. The number of pyridine rings is 1. The third kappa shape index (κ3) is 1.18. The van der Waals surface area contributed by atoms with Crippen LogP contribution in [0.4, 0.5) is 11.5 Å². The molecule has 1 aromatic rings. The first kappa shape index (κ1) is 6.86. The minimum Gasteiger partial charge on any atom is -0.397 e. The molecular formula is C7H11N3. The average Bonchev–Trinajstić information content (AvgIpc) is 1.94. The third-order valence-electron chi connectivity index (χ3n) is 1.37. The summed E-state index contributed by atoms with van der Waals surface area (Å²) in [6.07, 6.45) is 0.830. The number of hydrogen-bond donors (Lipinski definition) is 2. The second-order valence-electron chi connectivity index (χ2n) is 2.13. The quantitative estimate of drug-likeness (QED) is 0.602. The van der Waals surface area contributed by atoms with E-state index in [2.05, 4.69) is 4.98 Å². The summed E-state index contributed by atoms with van der Waals surface area (Å²) in [6.45, 7) is 2.00. The van der Waals surface area contributed by atoms with Crippen LogP contribution in [0.2, 0.25) is 0 Å². The van der Waals surface area contributed by atoms with Crippen molar-refractivity contribution < 1.29 is 0 Å². The summed E-state index contributed by atoms with van der Waals surface area (Å²) >= 11 is 0. The Bertz CT molecular complexity index is 232. The van der Waals surface area contributed by atoms with E-state index in [0.29, 0.717) is 5.82 Å². The van der Waals surface area contributed by atoms with Gasteiger partial charge in [0.15, 0.2) is 0 Å². The van der Waals surface area contributed by atoms with Crippen LogP contribution >= 0.6 is 0 Å². The van der Waals surface area contributed by atoms with Crippen LogP contribution in [0.25, 0.3) is 0 Å². The average molecular weight is 137 g/mol. The fourth-order valence-electron chi connectivity index (χ4n) is 0.812. The van der Waals surface area contributed by atoms with Crippen LogP contribution in [0.3, 0.4) is 0 Å². The van der Waals surface area contributed by atoms with E-state index in [0.717, 1.165) is 17.8 Å². The molecular weight excluding hydrogens is 126 g/mol. The summed E-state index contributed by atoms with van der Waals surface area (Å²) in [5.41, 5.74) is 12.6. The van der Waals surface area contributed by atoms with Crippen molar-refractivity contribution in [2.75, 3.05) is 11.5 Å². The number of nitrogen functional groups attached to an aromatic ring is 2. The van der Waals surface area contributed by atoms with Crippen LogP contribution in [-0.2, 0) is 6.42 Å². The van der Waals surface area contributed by atoms with E-state index in [1.165, 1.54) is 0 Å². The Hall–Kier alpha value is -1.25. The molecule has 0 atom stereocenters. The van der Waals surface area contributed by atoms with E-state index in [9.17, 15) is 0 Å². The summed E-state index contributed by atoms with van der Waals surface area (Å²) in [5.74, 6) is 0.533. The van der Waals surface area contributed by atoms with E-state index >= 15 is 0 Å². The summed E-state index contributed by atoms with van der Waals surface area (Å²) in [5, 5.41) is 0. The molecule has 1 rings (SSSR count). The molecule has 1 heterocycles. The summed E-state index contributed by atoms with van der Waals surface area (Å²) in [6, 6.07) is 3.48. The van der Waals surface area contributed by atoms with Gasteiger partial charge in [0.25, 0.3) is 0 Å². The molecule has 0 spiro atoms. The number of nitrogens with zero attached hydrogens (tertiary/aromatic N) is 1. The number of aromatic nitrogens is 1. The Kier molecular flexibility index (Phi) is 1.76. The van der Waals surface area contributed by atoms with Gasteiger partial charge in [0.1, 0.15) is 5.82 Å². The largest absolute Gasteiger partial charge is 0.397 e. The second-order valence-corrected chi connectivity index (χ2v) is 2.13. The maximum absolute atomic E-state index is 5.58. The molecule has 3 heteroatoms. The van der Waals surface area contributed by atoms with Gasteiger partial charge in [0, 0.05) is 0 Å². The smallest absolute Gasteiger partial charge is 0.123 e. The van der Waals surface area contributed by atoms with Gasteiger partial charge in [-0.2, -0.15) is 0 Å². The highest BCUT2D eigenvalue weighted by Crippen LogP contribution is 2.10. The molecule has 1 aromatic heterocycles. The molecule has 0 amide bonds. The first-order chi connectivity index (χ1) is 4.74. The number of hydrogen-bond acceptors (Lipinski definition) is 3. The summed E-state index contributed by atoms with van der Waals surface area (Å²) in [4.78, 5) is 4.04. The fraction of sp³-hybridized carbons (Fsp3) is 0.286. The van der Waals surface area contributed by atoms with Gasteiger partial charge in [0.2, 0.25) is 0 Å². The maximum Gasteiger partial charge on any atom is 0.123 e. The fourth-order valence-corrected chi connectivity index (χ4v) is 0.812. The van der Waals surface area contributed by atoms with Gasteiger partial charge in [-0.15, -0.1) is 0 Å². The van der Waals surface area contributed by atoms with Crippen molar-refractivity contribution in [1.29, 1.82) is 0 Å². The van der Waals surface area contributed by atoms with Crippen LogP contribution in [0, 0.1) is 0 Å². The lowest BCUT2D eigenvalue weighted by molar-refractivity contribution is 1.05. The molecule has 0 aliphatic carbocycles. The first-order valence-electron chi connectivity index (χ1n) is 3.25. The van der Waals surface area contributed by atoms with E-state index in [4.69, 9.17) is 11.5 Å². The third-order valence-corrected chi connectivity index (χ3v) is 1.37. The van der Waals surface area contributed by atoms with E-state index < -0.39 is 0 Å². The molecule has 0 saturated carbocycles. The molecule has 0 aliphatic rings. The highest BCUT2D eigenvalue weighted by molar-refractivity contribution is 5.47. The van der Waals surface area contributed by atoms with Crippen molar-refractivity contribution in [3.8, 4) is 0 Å². The normalized spacial score (nSPS) is 9.70. The number of anilines is 2. The van der Waals surface area contributed by atoms with Crippen LogP contribution < -0.4 is 11.5 Å². The van der Waals surface area contributed by atoms with Crippen LogP contribution in [0.1, 0.15) is 12.6 Å². The van der Waals surface area contributed by atoms with Crippen molar-refractivity contribution in [2.24, 2.45) is 0 Å². The van der Waals surface area contributed by atoms with Gasteiger partial charge < -0.3 is 11.5 Å². The first-order valence-corrected chi connectivity index (χ1v) is 3.25. The van der Waals surface area contributed by atoms with Gasteiger partial charge in [-0.25, -0.2) is 4.98 Å². The number of nitrogens with two attached hydrogens (primary N) is 2. The molecule has 0 saturated heterocycles. The van der Waals surface area contributed by atoms with Crippen molar-refractivity contribution in [1.82, 2.24) is 4.98 Å². The lowest BCUT2D eigenvalue weighted by Crippen LogP contribution is -1.99. The lowest BCUT2D eigenvalue weighted by atomic mass is 10.2. The Morgan fingerprint density at radius 3 is 2.60 bits per heavy atom. The number of aryl methyl sites for hydroxylation is 1. The van der Waals surface area contributed by atoms with Crippen LogP contribution in [-0.4, -0.2) is 4.98 Å². The molecule has 0 aliphatic heterocycles. The van der Waals surface area contributed by atoms with Crippen molar-refractivity contribution in [3.63, 3.8) is 0 Å². The number of rotatable bonds is 1. The van der Waals surface area contributed by atoms with Gasteiger partial charge in [0.05, 0.1) is 11.4 Å². The lowest BCUT2D eigenvalue weighted by Gasteiger charge is -2.00. The van der Waals surface area contributed by atoms with E-state index in [-0.39, 0.29) is 0 Å². The molecule has 4 N–H and O–H groups in total. The minimum absolute atomic E-state index is 0.533. The maximum atomic E-state index is 5.58. The van der Waals surface area contributed by atoms with E-state index in [1.807, 2.05) is 6.92 Å². The van der Waals surface area contributed by atoms with Gasteiger partial charge >= 0.3 is 0 Å². The van der Waals surface area contributed by atoms with Crippen LogP contribution in [0.5, 0.6) is 0 Å².